The minimum Gasteiger partial charge on any atom is -0.446 e. The molecule has 0 aliphatic rings. The van der Waals surface area contributed by atoms with Gasteiger partial charge < -0.3 is 4.42 Å². The highest BCUT2D eigenvalue weighted by atomic mass is 79.9. The number of furan rings is 1. The van der Waals surface area contributed by atoms with Crippen LogP contribution in [-0.2, 0) is 0 Å². The molecule has 16 heavy (non-hydrogen) atoms. The maximum Gasteiger partial charge on any atom is 0.228 e. The number of hydrogen-bond acceptors (Lipinski definition) is 2. The lowest BCUT2D eigenvalue weighted by molar-refractivity contribution is 0.101. The van der Waals surface area contributed by atoms with E-state index < -0.39 is 5.82 Å². The monoisotopic (exact) mass is 282 g/mol. The molecule has 0 fully saturated rings. The van der Waals surface area contributed by atoms with Gasteiger partial charge in [-0.2, -0.15) is 0 Å². The summed E-state index contributed by atoms with van der Waals surface area (Å²) in [5.41, 5.74) is 1.04. The van der Waals surface area contributed by atoms with E-state index in [0.717, 1.165) is 5.56 Å². The second-order valence-corrected chi connectivity index (χ2v) is 4.17. The van der Waals surface area contributed by atoms with E-state index in [1.54, 1.807) is 25.1 Å². The molecule has 0 saturated heterocycles. The summed E-state index contributed by atoms with van der Waals surface area (Å²) in [5, 5.41) is 0. The molecule has 82 valence electrons. The maximum atomic E-state index is 13.0. The van der Waals surface area contributed by atoms with Gasteiger partial charge in [-0.15, -0.1) is 0 Å². The lowest BCUT2D eigenvalue weighted by atomic mass is 10.0. The highest BCUT2D eigenvalue weighted by Crippen LogP contribution is 2.20. The van der Waals surface area contributed by atoms with E-state index in [-0.39, 0.29) is 11.5 Å². The molecule has 0 atom stereocenters. The van der Waals surface area contributed by atoms with Gasteiger partial charge in [-0.3, -0.25) is 4.79 Å². The SMILES string of the molecule is Cc1ccc(F)cc1C(=O)c1ccc(Br)o1. The van der Waals surface area contributed by atoms with E-state index in [1.165, 1.54) is 12.1 Å². The molecule has 1 heterocycles. The van der Waals surface area contributed by atoms with Crippen LogP contribution in [0.5, 0.6) is 0 Å². The fourth-order valence-electron chi connectivity index (χ4n) is 1.41. The van der Waals surface area contributed by atoms with E-state index >= 15 is 0 Å². The van der Waals surface area contributed by atoms with Crippen LogP contribution in [-0.4, -0.2) is 5.78 Å². The Hall–Kier alpha value is -1.42. The first-order valence-electron chi connectivity index (χ1n) is 4.64. The summed E-state index contributed by atoms with van der Waals surface area (Å²) in [6.07, 6.45) is 0. The van der Waals surface area contributed by atoms with Gasteiger partial charge in [0.05, 0.1) is 0 Å². The van der Waals surface area contributed by atoms with Gasteiger partial charge in [-0.25, -0.2) is 4.39 Å². The Morgan fingerprint density at radius 3 is 2.69 bits per heavy atom. The van der Waals surface area contributed by atoms with E-state index in [0.29, 0.717) is 10.2 Å². The van der Waals surface area contributed by atoms with Crippen molar-refractivity contribution in [3.05, 3.63) is 57.7 Å². The fraction of sp³-hybridized carbons (Fsp3) is 0.0833. The van der Waals surface area contributed by atoms with Gasteiger partial charge in [0.25, 0.3) is 0 Å². The number of aryl methyl sites for hydroxylation is 1. The first-order chi connectivity index (χ1) is 7.58. The highest BCUT2D eigenvalue weighted by molar-refractivity contribution is 9.10. The first-order valence-corrected chi connectivity index (χ1v) is 5.43. The largest absolute Gasteiger partial charge is 0.446 e. The second-order valence-electron chi connectivity index (χ2n) is 3.39. The van der Waals surface area contributed by atoms with Crippen molar-refractivity contribution in [2.75, 3.05) is 0 Å². The van der Waals surface area contributed by atoms with E-state index in [1.807, 2.05) is 0 Å². The molecule has 2 nitrogen and oxygen atoms in total. The lowest BCUT2D eigenvalue weighted by Gasteiger charge is -2.02. The third-order valence-electron chi connectivity index (χ3n) is 2.24. The third kappa shape index (κ3) is 2.07. The Morgan fingerprint density at radius 2 is 2.06 bits per heavy atom. The van der Waals surface area contributed by atoms with Crippen LogP contribution in [0.4, 0.5) is 4.39 Å². The summed E-state index contributed by atoms with van der Waals surface area (Å²) < 4.78 is 18.7. The van der Waals surface area contributed by atoms with E-state index in [9.17, 15) is 9.18 Å². The van der Waals surface area contributed by atoms with Crippen LogP contribution in [0.25, 0.3) is 0 Å². The fourth-order valence-corrected chi connectivity index (χ4v) is 1.71. The molecule has 0 radical (unpaired) electrons. The molecule has 0 N–H and O–H groups in total. The second kappa shape index (κ2) is 4.22. The van der Waals surface area contributed by atoms with Gasteiger partial charge in [-0.1, -0.05) is 6.07 Å². The molecule has 4 heteroatoms. The van der Waals surface area contributed by atoms with E-state index in [2.05, 4.69) is 15.9 Å². The van der Waals surface area contributed by atoms with Gasteiger partial charge in [0.1, 0.15) is 5.82 Å². The molecule has 0 unspecified atom stereocenters. The van der Waals surface area contributed by atoms with Crippen LogP contribution < -0.4 is 0 Å². The Morgan fingerprint density at radius 1 is 1.31 bits per heavy atom. The van der Waals surface area contributed by atoms with Crippen molar-refractivity contribution < 1.29 is 13.6 Å². The summed E-state index contributed by atoms with van der Waals surface area (Å²) in [5.74, 6) is -0.553. The zero-order valence-corrected chi connectivity index (χ0v) is 10.0. The standard InChI is InChI=1S/C12H8BrFO2/c1-7-2-3-8(14)6-9(7)12(15)10-4-5-11(13)16-10/h2-6H,1H3. The molecular formula is C12H8BrFO2. The van der Waals surface area contributed by atoms with Crippen LogP contribution >= 0.6 is 15.9 Å². The normalized spacial score (nSPS) is 10.4. The van der Waals surface area contributed by atoms with Crippen molar-refractivity contribution in [2.45, 2.75) is 6.92 Å². The zero-order valence-electron chi connectivity index (χ0n) is 8.46. The van der Waals surface area contributed by atoms with Gasteiger partial charge in [-0.05, 0) is 52.7 Å². The highest BCUT2D eigenvalue weighted by Gasteiger charge is 2.15. The topological polar surface area (TPSA) is 30.2 Å². The molecule has 0 bridgehead atoms. The minimum absolute atomic E-state index is 0.195. The van der Waals surface area contributed by atoms with Crippen molar-refractivity contribution in [1.82, 2.24) is 0 Å². The molecule has 0 aliphatic heterocycles. The smallest absolute Gasteiger partial charge is 0.228 e. The summed E-state index contributed by atoms with van der Waals surface area (Å²) in [4.78, 5) is 12.0. The van der Waals surface area contributed by atoms with Crippen molar-refractivity contribution >= 4 is 21.7 Å². The molecule has 2 aromatic rings. The average molecular weight is 283 g/mol. The number of hydrogen-bond donors (Lipinski definition) is 0. The summed E-state index contributed by atoms with van der Waals surface area (Å²) in [6.45, 7) is 1.75. The van der Waals surface area contributed by atoms with Crippen molar-refractivity contribution in [3.8, 4) is 0 Å². The van der Waals surface area contributed by atoms with Crippen molar-refractivity contribution in [1.29, 1.82) is 0 Å². The Labute approximate surface area is 100 Å². The van der Waals surface area contributed by atoms with Gasteiger partial charge >= 0.3 is 0 Å². The van der Waals surface area contributed by atoms with Crippen LogP contribution in [0.3, 0.4) is 0 Å². The third-order valence-corrected chi connectivity index (χ3v) is 2.67. The number of rotatable bonds is 2. The first kappa shape index (κ1) is 11.1. The zero-order chi connectivity index (χ0) is 11.7. The summed E-state index contributed by atoms with van der Waals surface area (Å²) in [6, 6.07) is 7.29. The lowest BCUT2D eigenvalue weighted by Crippen LogP contribution is -2.02. The molecule has 2 rings (SSSR count). The molecule has 0 spiro atoms. The molecular weight excluding hydrogens is 275 g/mol. The number of halogens is 2. The summed E-state index contributed by atoms with van der Waals surface area (Å²) in [7, 11) is 0. The van der Waals surface area contributed by atoms with Crippen LogP contribution in [0.15, 0.2) is 39.4 Å². The van der Waals surface area contributed by atoms with Crippen molar-refractivity contribution in [2.24, 2.45) is 0 Å². The summed E-state index contributed by atoms with van der Waals surface area (Å²) >= 11 is 3.11. The number of benzene rings is 1. The predicted octanol–water partition coefficient (Wildman–Crippen LogP) is 3.72. The number of carbonyl (C=O) groups excluding carboxylic acids is 1. The predicted molar refractivity (Wildman–Crippen MR) is 61.0 cm³/mol. The molecule has 0 amide bonds. The van der Waals surface area contributed by atoms with Gasteiger partial charge in [0.15, 0.2) is 10.4 Å². The maximum absolute atomic E-state index is 13.0. The number of carbonyl (C=O) groups is 1. The Bertz CT molecular complexity index is 546. The van der Waals surface area contributed by atoms with Gasteiger partial charge in [0, 0.05) is 5.56 Å². The van der Waals surface area contributed by atoms with Crippen molar-refractivity contribution in [3.63, 3.8) is 0 Å². The van der Waals surface area contributed by atoms with Gasteiger partial charge in [0.2, 0.25) is 5.78 Å². The number of ketones is 1. The van der Waals surface area contributed by atoms with Crippen LogP contribution in [0, 0.1) is 12.7 Å². The molecule has 1 aromatic carbocycles. The quantitative estimate of drug-likeness (QED) is 0.786. The Kier molecular flexibility index (Phi) is 2.92. The molecule has 1 aromatic heterocycles. The van der Waals surface area contributed by atoms with Crippen LogP contribution in [0.2, 0.25) is 0 Å². The average Bonchev–Trinajstić information content (AvgIpc) is 2.67. The van der Waals surface area contributed by atoms with E-state index in [4.69, 9.17) is 4.42 Å². The Balaban J connectivity index is 2.45. The molecule has 0 aliphatic carbocycles. The molecule has 0 saturated carbocycles. The van der Waals surface area contributed by atoms with Crippen LogP contribution in [0.1, 0.15) is 21.7 Å². The minimum atomic E-state index is -0.431.